The molecule has 0 N–H and O–H groups in total. The number of para-hydroxylation sites is 4. The van der Waals surface area contributed by atoms with Crippen LogP contribution in [0.2, 0.25) is 0 Å². The second kappa shape index (κ2) is 33.9. The van der Waals surface area contributed by atoms with Crippen molar-refractivity contribution in [2.45, 2.75) is 5.41 Å². The molecule has 0 bridgehead atoms. The van der Waals surface area contributed by atoms with E-state index in [0.29, 0.717) is 0 Å². The molecule has 0 unspecified atom stereocenters. The molecule has 0 aliphatic heterocycles. The van der Waals surface area contributed by atoms with Crippen molar-refractivity contribution in [2.75, 3.05) is 9.80 Å². The fraction of sp³-hybridized carbons (Fsp3) is 0.00763. The Bertz CT molecular complexity index is 8700. The number of hydrogen-bond donors (Lipinski definition) is 0. The van der Waals surface area contributed by atoms with Gasteiger partial charge in [-0.25, -0.2) is 4.39 Å². The van der Waals surface area contributed by atoms with E-state index >= 15 is 0 Å². The van der Waals surface area contributed by atoms with Gasteiger partial charge in [-0.05, 0) is 289 Å². The van der Waals surface area contributed by atoms with Crippen LogP contribution in [0.25, 0.3) is 176 Å². The van der Waals surface area contributed by atoms with Crippen LogP contribution < -0.4 is 9.80 Å². The van der Waals surface area contributed by atoms with E-state index in [1.807, 2.05) is 24.3 Å². The molecule has 0 saturated carbocycles. The third-order valence-corrected chi connectivity index (χ3v) is 27.9. The molecule has 23 aromatic carbocycles. The van der Waals surface area contributed by atoms with Gasteiger partial charge >= 0.3 is 0 Å². The van der Waals surface area contributed by atoms with E-state index in [2.05, 4.69) is 510 Å². The number of benzene rings is 23. The second-order valence-corrected chi connectivity index (χ2v) is 35.4. The van der Waals surface area contributed by atoms with Crippen LogP contribution in [0.4, 0.5) is 38.5 Å². The van der Waals surface area contributed by atoms with Crippen molar-refractivity contribution in [1.29, 1.82) is 0 Å². The number of fused-ring (bicyclic) bond motifs is 13. The Balaban J connectivity index is 0.000000150. The standard InChI is InChI=1S/C75H50N2.C56H37FN2/c1-5-21-52(22-6-1)73-64-31-13-15-33-66(64)74(67-34-16-14-32-65(67)73)53-39-44-59(45-40-53)76(57-27-11-4-12-28-57)58-42-37-51(38-43-58)54-41-48-72-68(49-54)63-30-18-20-36-71(63)77(72)60-46-47-62-61-29-17-19-35-69(61)75(70(62)50-60,55-23-7-2-8-24-55)56-25-9-3-10-26-56;57-42-29-35-54-52(37-42)51-36-41(28-34-53(51)59(54)44-18-8-3-9-19-44)38-24-30-45(31-25-38)58(43-16-6-2-7-17-43)46-32-26-40(27-33-46)56-49-22-12-10-20-47(49)55(39-14-4-1-5-15-39)48-21-11-13-23-50(48)56/h1-50H;1-37H. The van der Waals surface area contributed by atoms with Crippen molar-refractivity contribution < 1.29 is 4.39 Å². The highest BCUT2D eigenvalue weighted by Gasteiger charge is 2.46. The number of anilines is 6. The Kier molecular flexibility index (Phi) is 20.0. The monoisotopic (exact) mass is 1730 g/mol. The van der Waals surface area contributed by atoms with Crippen molar-refractivity contribution in [3.8, 4) is 89.3 Å². The molecule has 1 aliphatic carbocycles. The maximum atomic E-state index is 14.7. The highest BCUT2D eigenvalue weighted by Crippen LogP contribution is 2.58. The van der Waals surface area contributed by atoms with Gasteiger partial charge in [0.15, 0.2) is 0 Å². The smallest absolute Gasteiger partial charge is 0.123 e. The summed E-state index contributed by atoms with van der Waals surface area (Å²) in [6.45, 7) is 0. The van der Waals surface area contributed by atoms with Gasteiger partial charge in [0.25, 0.3) is 0 Å². The van der Waals surface area contributed by atoms with Crippen molar-refractivity contribution in [2.24, 2.45) is 0 Å². The summed E-state index contributed by atoms with van der Waals surface area (Å²) in [7, 11) is 0. The van der Waals surface area contributed by atoms with E-state index in [-0.39, 0.29) is 5.82 Å². The van der Waals surface area contributed by atoms with Crippen LogP contribution in [0.5, 0.6) is 0 Å². The molecule has 4 nitrogen and oxygen atoms in total. The fourth-order valence-electron chi connectivity index (χ4n) is 22.0. The molecule has 5 heteroatoms. The van der Waals surface area contributed by atoms with Gasteiger partial charge in [0, 0.05) is 67.0 Å². The van der Waals surface area contributed by atoms with Gasteiger partial charge < -0.3 is 18.9 Å². The minimum atomic E-state index is -0.483. The zero-order valence-electron chi connectivity index (χ0n) is 74.4. The largest absolute Gasteiger partial charge is 0.311 e. The second-order valence-electron chi connectivity index (χ2n) is 35.4. The molecule has 1 aliphatic rings. The zero-order chi connectivity index (χ0) is 90.2. The average molecular weight is 1740 g/mol. The minimum absolute atomic E-state index is 0.240. The molecule has 0 spiro atoms. The lowest BCUT2D eigenvalue weighted by molar-refractivity contribution is 0.629. The third kappa shape index (κ3) is 13.7. The van der Waals surface area contributed by atoms with Gasteiger partial charge in [-0.2, -0.15) is 0 Å². The van der Waals surface area contributed by atoms with E-state index in [1.165, 1.54) is 154 Å². The van der Waals surface area contributed by atoms with Crippen molar-refractivity contribution in [3.05, 3.63) is 556 Å². The van der Waals surface area contributed by atoms with Gasteiger partial charge in [0.05, 0.1) is 27.5 Å². The van der Waals surface area contributed by atoms with Gasteiger partial charge in [-0.3, -0.25) is 0 Å². The van der Waals surface area contributed by atoms with Crippen LogP contribution in [0, 0.1) is 5.82 Å². The predicted octanol–water partition coefficient (Wildman–Crippen LogP) is 35.6. The Morgan fingerprint density at radius 2 is 0.449 bits per heavy atom. The molecule has 0 radical (unpaired) electrons. The summed E-state index contributed by atoms with van der Waals surface area (Å²) in [6, 6.07) is 190. The van der Waals surface area contributed by atoms with Crippen LogP contribution in [-0.4, -0.2) is 9.13 Å². The van der Waals surface area contributed by atoms with E-state index in [1.54, 1.807) is 12.1 Å². The van der Waals surface area contributed by atoms with Crippen LogP contribution >= 0.6 is 0 Å². The summed E-state index contributed by atoms with van der Waals surface area (Å²) < 4.78 is 19.4. The Labute approximate surface area is 789 Å². The van der Waals surface area contributed by atoms with E-state index in [4.69, 9.17) is 0 Å². The molecular weight excluding hydrogens is 1650 g/mol. The summed E-state index contributed by atoms with van der Waals surface area (Å²) in [6.07, 6.45) is 0. The summed E-state index contributed by atoms with van der Waals surface area (Å²) >= 11 is 0. The molecule has 2 aromatic heterocycles. The summed E-state index contributed by atoms with van der Waals surface area (Å²) in [5, 5.41) is 14.4. The Morgan fingerprint density at radius 3 is 0.860 bits per heavy atom. The topological polar surface area (TPSA) is 16.3 Å². The van der Waals surface area contributed by atoms with Gasteiger partial charge in [0.1, 0.15) is 5.82 Å². The molecule has 0 saturated heterocycles. The zero-order valence-corrected chi connectivity index (χ0v) is 74.4. The number of halogens is 1. The van der Waals surface area contributed by atoms with Crippen molar-refractivity contribution >= 4 is 121 Å². The molecule has 25 aromatic rings. The van der Waals surface area contributed by atoms with E-state index in [0.717, 1.165) is 78.4 Å². The van der Waals surface area contributed by atoms with Gasteiger partial charge in [0.2, 0.25) is 0 Å². The number of rotatable bonds is 16. The first-order chi connectivity index (χ1) is 67.4. The summed E-state index contributed by atoms with van der Waals surface area (Å²) in [4.78, 5) is 4.67. The number of aromatic nitrogens is 2. The van der Waals surface area contributed by atoms with Crippen LogP contribution in [0.1, 0.15) is 22.3 Å². The first kappa shape index (κ1) is 80.3. The van der Waals surface area contributed by atoms with Crippen LogP contribution in [-0.2, 0) is 5.41 Å². The Hall–Kier alpha value is -17.8. The number of hydrogen-bond acceptors (Lipinski definition) is 2. The molecule has 136 heavy (non-hydrogen) atoms. The highest BCUT2D eigenvalue weighted by atomic mass is 19.1. The molecular formula is C131H87FN4. The number of nitrogens with zero attached hydrogens (tertiary/aromatic N) is 4. The molecule has 0 fully saturated rings. The van der Waals surface area contributed by atoms with Crippen molar-refractivity contribution in [3.63, 3.8) is 0 Å². The normalized spacial score (nSPS) is 12.1. The van der Waals surface area contributed by atoms with Crippen LogP contribution in [0.15, 0.2) is 528 Å². The average Bonchev–Trinajstić information content (AvgIpc) is 1.52. The maximum Gasteiger partial charge on any atom is 0.123 e. The predicted molar refractivity (Wildman–Crippen MR) is 571 cm³/mol. The lowest BCUT2D eigenvalue weighted by Gasteiger charge is -2.34. The molecule has 26 rings (SSSR count). The lowest BCUT2D eigenvalue weighted by Crippen LogP contribution is -2.28. The summed E-state index contributed by atoms with van der Waals surface area (Å²) in [5.41, 5.74) is 34.7. The fourth-order valence-corrected chi connectivity index (χ4v) is 22.0. The van der Waals surface area contributed by atoms with E-state index in [9.17, 15) is 4.39 Å². The minimum Gasteiger partial charge on any atom is -0.311 e. The quantitative estimate of drug-likeness (QED) is 0.0897. The third-order valence-electron chi connectivity index (χ3n) is 27.9. The highest BCUT2D eigenvalue weighted by molar-refractivity contribution is 6.23. The maximum absolute atomic E-state index is 14.7. The summed E-state index contributed by atoms with van der Waals surface area (Å²) in [5.74, 6) is -0.240. The van der Waals surface area contributed by atoms with Gasteiger partial charge in [-0.15, -0.1) is 0 Å². The van der Waals surface area contributed by atoms with Gasteiger partial charge in [-0.1, -0.05) is 382 Å². The van der Waals surface area contributed by atoms with Crippen molar-refractivity contribution in [1.82, 2.24) is 9.13 Å². The molecule has 0 amide bonds. The molecule has 0 atom stereocenters. The van der Waals surface area contributed by atoms with Crippen LogP contribution in [0.3, 0.4) is 0 Å². The SMILES string of the molecule is Fc1ccc2c(c1)c1cc(-c3ccc(N(c4ccccc4)c4ccc(-c5c6ccccc6c(-c6ccccc6)c6ccccc56)cc4)cc3)ccc1n2-c1ccccc1.c1ccc(-c2c3ccccc3c(-c3ccc(N(c4ccccc4)c4ccc(-c5ccc6c(c5)c5ccccc5n6-c5ccc6c(c5)C(c5ccccc5)(c5ccccc5)c5ccccc5-6)cc4)cc3)c3ccccc23)cc1. The molecule has 638 valence electrons. The Morgan fingerprint density at radius 1 is 0.169 bits per heavy atom. The molecule has 2 heterocycles. The van der Waals surface area contributed by atoms with E-state index < -0.39 is 5.41 Å². The lowest BCUT2D eigenvalue weighted by atomic mass is 9.67. The first-order valence-electron chi connectivity index (χ1n) is 46.7. The first-order valence-corrected chi connectivity index (χ1v) is 46.7.